The summed E-state index contributed by atoms with van der Waals surface area (Å²) >= 11 is 0. The van der Waals surface area contributed by atoms with Gasteiger partial charge in [-0.05, 0) is 61.7 Å². The van der Waals surface area contributed by atoms with Crippen molar-refractivity contribution in [3.63, 3.8) is 0 Å². The van der Waals surface area contributed by atoms with Crippen molar-refractivity contribution in [2.45, 2.75) is 45.4 Å². The van der Waals surface area contributed by atoms with Gasteiger partial charge in [0, 0.05) is 37.5 Å². The van der Waals surface area contributed by atoms with Gasteiger partial charge in [0.2, 0.25) is 0 Å². The standard InChI is InChI=1S/C28H29N3O5/c1-3-35-22-7-4-6-19(16-22)25-24(26(32)20-8-9-23-21(15-20)14-18(2)36-23)27(33)28(34)31(25)12-5-11-30-13-10-29-17-30/h4,6-10,13,15-18,25,32H,3,5,11-12,14H2,1-2H3/b26-24+. The van der Waals surface area contributed by atoms with Crippen molar-refractivity contribution in [1.29, 1.82) is 0 Å². The van der Waals surface area contributed by atoms with Gasteiger partial charge < -0.3 is 24.0 Å². The minimum atomic E-state index is -0.725. The number of carbonyl (C=O) groups is 2. The zero-order valence-electron chi connectivity index (χ0n) is 20.4. The van der Waals surface area contributed by atoms with Crippen LogP contribution in [0.15, 0.2) is 66.8 Å². The molecule has 2 aliphatic heterocycles. The molecule has 0 aliphatic carbocycles. The Morgan fingerprint density at radius 2 is 2.06 bits per heavy atom. The van der Waals surface area contributed by atoms with Gasteiger partial charge in [0.1, 0.15) is 23.4 Å². The van der Waals surface area contributed by atoms with Crippen LogP contribution in [0.3, 0.4) is 0 Å². The second kappa shape index (κ2) is 9.89. The molecule has 2 unspecified atom stereocenters. The fourth-order valence-electron chi connectivity index (χ4n) is 4.97. The zero-order valence-corrected chi connectivity index (χ0v) is 20.4. The van der Waals surface area contributed by atoms with Crippen LogP contribution >= 0.6 is 0 Å². The number of carbonyl (C=O) groups excluding carboxylic acids is 2. The van der Waals surface area contributed by atoms with Crippen LogP contribution in [0.25, 0.3) is 5.76 Å². The third-order valence-corrected chi connectivity index (χ3v) is 6.57. The molecular weight excluding hydrogens is 458 g/mol. The SMILES string of the molecule is CCOc1cccc(C2/C(=C(\O)c3ccc4c(c3)CC(C)O4)C(=O)C(=O)N2CCCn2ccnc2)c1. The Bertz CT molecular complexity index is 1310. The van der Waals surface area contributed by atoms with Gasteiger partial charge in [0.15, 0.2) is 0 Å². The summed E-state index contributed by atoms with van der Waals surface area (Å²) in [5, 5.41) is 11.4. The Balaban J connectivity index is 1.54. The van der Waals surface area contributed by atoms with E-state index in [9.17, 15) is 14.7 Å². The highest BCUT2D eigenvalue weighted by Crippen LogP contribution is 2.41. The second-order valence-corrected chi connectivity index (χ2v) is 9.11. The number of nitrogens with zero attached hydrogens (tertiary/aromatic N) is 3. The Morgan fingerprint density at radius 3 is 2.83 bits per heavy atom. The van der Waals surface area contributed by atoms with Gasteiger partial charge >= 0.3 is 0 Å². The van der Waals surface area contributed by atoms with Crippen molar-refractivity contribution in [3.05, 3.63) is 83.4 Å². The summed E-state index contributed by atoms with van der Waals surface area (Å²) in [4.78, 5) is 32.2. The third kappa shape index (κ3) is 4.46. The van der Waals surface area contributed by atoms with Crippen molar-refractivity contribution in [3.8, 4) is 11.5 Å². The van der Waals surface area contributed by atoms with E-state index in [0.29, 0.717) is 43.0 Å². The largest absolute Gasteiger partial charge is 0.507 e. The number of ketones is 1. The molecule has 3 aromatic rings. The lowest BCUT2D eigenvalue weighted by Crippen LogP contribution is -2.31. The smallest absolute Gasteiger partial charge is 0.295 e. The topological polar surface area (TPSA) is 93.9 Å². The molecule has 5 rings (SSSR count). The van der Waals surface area contributed by atoms with Gasteiger partial charge in [-0.2, -0.15) is 0 Å². The number of hydrogen-bond donors (Lipinski definition) is 1. The third-order valence-electron chi connectivity index (χ3n) is 6.57. The molecule has 8 nitrogen and oxygen atoms in total. The van der Waals surface area contributed by atoms with Crippen molar-refractivity contribution in [2.75, 3.05) is 13.2 Å². The van der Waals surface area contributed by atoms with Crippen LogP contribution in [0.1, 0.15) is 43.0 Å². The number of imidazole rings is 1. The van der Waals surface area contributed by atoms with Crippen molar-refractivity contribution < 1.29 is 24.2 Å². The average molecular weight is 488 g/mol. The average Bonchev–Trinajstić information content (AvgIpc) is 3.58. The predicted octanol–water partition coefficient (Wildman–Crippen LogP) is 4.12. The number of Topliss-reactive ketones (excluding diaryl/α,β-unsaturated/α-hetero) is 1. The van der Waals surface area contributed by atoms with E-state index in [1.54, 1.807) is 29.6 Å². The van der Waals surface area contributed by atoms with E-state index in [-0.39, 0.29) is 17.4 Å². The number of aliphatic hydroxyl groups excluding tert-OH is 1. The molecule has 1 amide bonds. The zero-order chi connectivity index (χ0) is 25.2. The first-order valence-corrected chi connectivity index (χ1v) is 12.2. The van der Waals surface area contributed by atoms with E-state index in [1.807, 2.05) is 54.9 Å². The Labute approximate surface area is 209 Å². The maximum absolute atomic E-state index is 13.3. The van der Waals surface area contributed by atoms with E-state index < -0.39 is 17.7 Å². The molecule has 0 bridgehead atoms. The van der Waals surface area contributed by atoms with Gasteiger partial charge in [-0.15, -0.1) is 0 Å². The number of hydrogen-bond acceptors (Lipinski definition) is 6. The minimum absolute atomic E-state index is 0.0554. The molecule has 8 heteroatoms. The molecular formula is C28H29N3O5. The molecule has 0 saturated carbocycles. The summed E-state index contributed by atoms with van der Waals surface area (Å²) in [5.41, 5.74) is 2.26. The quantitative estimate of drug-likeness (QED) is 0.292. The first-order chi connectivity index (χ1) is 17.5. The molecule has 2 atom stereocenters. The highest BCUT2D eigenvalue weighted by Gasteiger charge is 2.46. The van der Waals surface area contributed by atoms with Crippen LogP contribution < -0.4 is 9.47 Å². The number of benzene rings is 2. The van der Waals surface area contributed by atoms with Gasteiger partial charge in [-0.1, -0.05) is 12.1 Å². The van der Waals surface area contributed by atoms with Crippen LogP contribution in [0, 0.1) is 0 Å². The molecule has 2 aliphatic rings. The van der Waals surface area contributed by atoms with Gasteiger partial charge in [-0.3, -0.25) is 9.59 Å². The van der Waals surface area contributed by atoms with E-state index in [1.165, 1.54) is 0 Å². The molecule has 1 saturated heterocycles. The summed E-state index contributed by atoms with van der Waals surface area (Å²) in [7, 11) is 0. The second-order valence-electron chi connectivity index (χ2n) is 9.11. The van der Waals surface area contributed by atoms with Crippen LogP contribution in [-0.4, -0.2) is 50.5 Å². The fraction of sp³-hybridized carbons (Fsp3) is 0.321. The summed E-state index contributed by atoms with van der Waals surface area (Å²) < 4.78 is 13.4. The minimum Gasteiger partial charge on any atom is -0.507 e. The van der Waals surface area contributed by atoms with Gasteiger partial charge in [0.05, 0.1) is 24.5 Å². The molecule has 0 radical (unpaired) electrons. The lowest BCUT2D eigenvalue weighted by molar-refractivity contribution is -0.139. The number of likely N-dealkylation sites (tertiary alicyclic amines) is 1. The first kappa shape index (κ1) is 23.7. The number of aliphatic hydroxyl groups is 1. The maximum atomic E-state index is 13.3. The van der Waals surface area contributed by atoms with Crippen molar-refractivity contribution in [2.24, 2.45) is 0 Å². The maximum Gasteiger partial charge on any atom is 0.295 e. The van der Waals surface area contributed by atoms with Crippen LogP contribution in [0.4, 0.5) is 0 Å². The molecule has 1 fully saturated rings. The Kier molecular flexibility index (Phi) is 6.50. The predicted molar refractivity (Wildman–Crippen MR) is 134 cm³/mol. The first-order valence-electron chi connectivity index (χ1n) is 12.2. The molecule has 2 aromatic carbocycles. The normalized spacial score (nSPS) is 20.4. The molecule has 36 heavy (non-hydrogen) atoms. The van der Waals surface area contributed by atoms with E-state index in [2.05, 4.69) is 4.98 Å². The fourth-order valence-corrected chi connectivity index (χ4v) is 4.97. The highest BCUT2D eigenvalue weighted by molar-refractivity contribution is 6.46. The summed E-state index contributed by atoms with van der Waals surface area (Å²) in [6, 6.07) is 12.0. The monoisotopic (exact) mass is 487 g/mol. The summed E-state index contributed by atoms with van der Waals surface area (Å²) in [6.45, 7) is 5.37. The van der Waals surface area contributed by atoms with Crippen molar-refractivity contribution in [1.82, 2.24) is 14.5 Å². The molecule has 1 N–H and O–H groups in total. The number of amides is 1. The van der Waals surface area contributed by atoms with E-state index in [0.717, 1.165) is 17.7 Å². The highest BCUT2D eigenvalue weighted by atomic mass is 16.5. The number of aryl methyl sites for hydroxylation is 1. The number of fused-ring (bicyclic) bond motifs is 1. The van der Waals surface area contributed by atoms with Gasteiger partial charge in [-0.25, -0.2) is 4.98 Å². The molecule has 186 valence electrons. The number of aromatic nitrogens is 2. The van der Waals surface area contributed by atoms with Crippen LogP contribution in [0.2, 0.25) is 0 Å². The van der Waals surface area contributed by atoms with E-state index >= 15 is 0 Å². The lowest BCUT2D eigenvalue weighted by atomic mass is 9.94. The molecule has 3 heterocycles. The van der Waals surface area contributed by atoms with E-state index in [4.69, 9.17) is 9.47 Å². The van der Waals surface area contributed by atoms with Crippen LogP contribution in [0.5, 0.6) is 11.5 Å². The Hall–Kier alpha value is -4.07. The number of rotatable bonds is 8. The number of ether oxygens (including phenoxy) is 2. The Morgan fingerprint density at radius 1 is 1.19 bits per heavy atom. The molecule has 1 aromatic heterocycles. The lowest BCUT2D eigenvalue weighted by Gasteiger charge is -2.26. The summed E-state index contributed by atoms with van der Waals surface area (Å²) in [5.74, 6) is -0.0681. The molecule has 0 spiro atoms. The van der Waals surface area contributed by atoms with Crippen molar-refractivity contribution >= 4 is 17.4 Å². The van der Waals surface area contributed by atoms with Gasteiger partial charge in [0.25, 0.3) is 11.7 Å². The summed E-state index contributed by atoms with van der Waals surface area (Å²) in [6.07, 6.45) is 6.68. The van der Waals surface area contributed by atoms with Crippen LogP contribution in [-0.2, 0) is 22.6 Å².